The minimum Gasteiger partial charge on any atom is -0.507 e. The van der Waals surface area contributed by atoms with Crippen LogP contribution in [0.15, 0.2) is 94.8 Å². The lowest BCUT2D eigenvalue weighted by molar-refractivity contribution is -0.132. The number of aliphatic hydroxyl groups excluding tert-OH is 1. The maximum Gasteiger partial charge on any atom is 0.301 e. The van der Waals surface area contributed by atoms with Crippen LogP contribution in [0.1, 0.15) is 40.8 Å². The zero-order valence-electron chi connectivity index (χ0n) is 23.9. The van der Waals surface area contributed by atoms with Crippen LogP contribution in [0.2, 0.25) is 0 Å². The van der Waals surface area contributed by atoms with Gasteiger partial charge in [0.05, 0.1) is 18.2 Å². The smallest absolute Gasteiger partial charge is 0.301 e. The monoisotopic (exact) mass is 607 g/mol. The Hall–Kier alpha value is -4.47. The first-order valence-corrected chi connectivity index (χ1v) is 15.7. The van der Waals surface area contributed by atoms with Gasteiger partial charge in [-0.2, -0.15) is 0 Å². The molecule has 1 unspecified atom stereocenters. The van der Waals surface area contributed by atoms with Crippen LogP contribution in [0.25, 0.3) is 16.5 Å². The molecule has 0 radical (unpaired) electrons. The highest BCUT2D eigenvalue weighted by atomic mass is 32.2. The molecule has 0 spiro atoms. The van der Waals surface area contributed by atoms with Crippen LogP contribution in [-0.2, 0) is 15.3 Å². The van der Waals surface area contributed by atoms with Crippen molar-refractivity contribution < 1.29 is 19.4 Å². The van der Waals surface area contributed by atoms with E-state index in [4.69, 9.17) is 4.74 Å². The highest BCUT2D eigenvalue weighted by Crippen LogP contribution is 2.44. The van der Waals surface area contributed by atoms with E-state index in [1.165, 1.54) is 44.3 Å². The van der Waals surface area contributed by atoms with E-state index < -0.39 is 17.7 Å². The standard InChI is InChI=1S/C34H29N3O4S2/c1-4-41-25-16-14-23(15-17-25)29-28(30(38)27-18-20(2)12-13-21(27)3)31(39)32(40)37(29)33-35-36-34(43-33)42-19-24-10-7-9-22-8-5-6-11-26(22)24/h5-18,29,38H,4,19H2,1-3H3. The molecule has 0 aliphatic carbocycles. The summed E-state index contributed by atoms with van der Waals surface area (Å²) in [7, 11) is 0. The molecule has 1 aliphatic heterocycles. The first-order chi connectivity index (χ1) is 20.9. The molecule has 9 heteroatoms. The lowest BCUT2D eigenvalue weighted by atomic mass is 9.93. The van der Waals surface area contributed by atoms with Crippen LogP contribution < -0.4 is 9.64 Å². The quantitative estimate of drug-likeness (QED) is 0.0638. The van der Waals surface area contributed by atoms with Crippen LogP contribution in [0.5, 0.6) is 5.75 Å². The molecule has 1 aliphatic rings. The van der Waals surface area contributed by atoms with E-state index in [0.29, 0.717) is 38.7 Å². The normalized spacial score (nSPS) is 16.3. The van der Waals surface area contributed by atoms with Gasteiger partial charge in [0.1, 0.15) is 11.5 Å². The molecular formula is C34H29N3O4S2. The Bertz CT molecular complexity index is 1880. The van der Waals surface area contributed by atoms with Crippen LogP contribution >= 0.6 is 23.1 Å². The molecule has 6 rings (SSSR count). The third-order valence-corrected chi connectivity index (χ3v) is 9.54. The third kappa shape index (κ3) is 5.53. The number of thioether (sulfide) groups is 1. The van der Waals surface area contributed by atoms with E-state index in [1.807, 2.05) is 69.3 Å². The number of aliphatic hydroxyl groups is 1. The minimum absolute atomic E-state index is 0.0167. The van der Waals surface area contributed by atoms with Crippen molar-refractivity contribution in [2.24, 2.45) is 0 Å². The second-order valence-corrected chi connectivity index (χ2v) is 12.4. The van der Waals surface area contributed by atoms with Gasteiger partial charge in [-0.05, 0) is 66.4 Å². The third-order valence-electron chi connectivity index (χ3n) is 7.43. The summed E-state index contributed by atoms with van der Waals surface area (Å²) >= 11 is 2.78. The number of nitrogens with zero attached hydrogens (tertiary/aromatic N) is 3. The van der Waals surface area contributed by atoms with Crippen molar-refractivity contribution in [2.75, 3.05) is 11.5 Å². The van der Waals surface area contributed by atoms with E-state index in [9.17, 15) is 14.7 Å². The van der Waals surface area contributed by atoms with Crippen LogP contribution in [0, 0.1) is 13.8 Å². The molecule has 1 saturated heterocycles. The van der Waals surface area contributed by atoms with Crippen molar-refractivity contribution in [3.63, 3.8) is 0 Å². The van der Waals surface area contributed by atoms with Gasteiger partial charge >= 0.3 is 5.91 Å². The average molecular weight is 608 g/mol. The molecule has 1 N–H and O–H groups in total. The topological polar surface area (TPSA) is 92.6 Å². The number of hydrogen-bond donors (Lipinski definition) is 1. The number of hydrogen-bond acceptors (Lipinski definition) is 8. The molecule has 1 aromatic heterocycles. The van der Waals surface area contributed by atoms with Crippen molar-refractivity contribution >= 4 is 56.5 Å². The second kappa shape index (κ2) is 12.0. The number of Topliss-reactive ketones (excluding diaryl/α,β-unsaturated/α-hetero) is 1. The predicted octanol–water partition coefficient (Wildman–Crippen LogP) is 7.63. The van der Waals surface area contributed by atoms with Crippen molar-refractivity contribution in [1.29, 1.82) is 0 Å². The SMILES string of the molecule is CCOc1ccc(C2C(=C(O)c3cc(C)ccc3C)C(=O)C(=O)N2c2nnc(SCc3cccc4ccccc34)s2)cc1. The Morgan fingerprint density at radius 3 is 2.53 bits per heavy atom. The molecule has 7 nitrogen and oxygen atoms in total. The van der Waals surface area contributed by atoms with Crippen molar-refractivity contribution in [1.82, 2.24) is 10.2 Å². The van der Waals surface area contributed by atoms with Crippen LogP contribution in [0.3, 0.4) is 0 Å². The minimum atomic E-state index is -0.889. The predicted molar refractivity (Wildman–Crippen MR) is 172 cm³/mol. The summed E-state index contributed by atoms with van der Waals surface area (Å²) in [6.45, 7) is 6.19. The maximum absolute atomic E-state index is 13.6. The maximum atomic E-state index is 13.6. The first kappa shape index (κ1) is 28.6. The summed E-state index contributed by atoms with van der Waals surface area (Å²) in [5.74, 6) is -0.397. The van der Waals surface area contributed by atoms with Gasteiger partial charge in [-0.1, -0.05) is 95.4 Å². The Morgan fingerprint density at radius 1 is 0.977 bits per heavy atom. The molecule has 2 heterocycles. The zero-order valence-corrected chi connectivity index (χ0v) is 25.5. The zero-order chi connectivity index (χ0) is 30.1. The average Bonchev–Trinajstić information content (AvgIpc) is 3.59. The highest BCUT2D eigenvalue weighted by molar-refractivity contribution is 8.00. The summed E-state index contributed by atoms with van der Waals surface area (Å²) < 4.78 is 6.28. The summed E-state index contributed by atoms with van der Waals surface area (Å²) in [5, 5.41) is 22.9. The van der Waals surface area contributed by atoms with Crippen molar-refractivity contribution in [3.05, 3.63) is 118 Å². The lowest BCUT2D eigenvalue weighted by Gasteiger charge is -2.23. The number of amides is 1. The van der Waals surface area contributed by atoms with Gasteiger partial charge in [0.15, 0.2) is 4.34 Å². The number of ketones is 1. The number of rotatable bonds is 8. The van der Waals surface area contributed by atoms with Gasteiger partial charge in [0.25, 0.3) is 5.78 Å². The second-order valence-electron chi connectivity index (χ2n) is 10.3. The molecule has 216 valence electrons. The van der Waals surface area contributed by atoms with E-state index in [2.05, 4.69) is 34.5 Å². The fourth-order valence-electron chi connectivity index (χ4n) is 5.31. The molecule has 1 atom stereocenters. The van der Waals surface area contributed by atoms with Gasteiger partial charge in [0.2, 0.25) is 5.13 Å². The van der Waals surface area contributed by atoms with Crippen molar-refractivity contribution in [3.8, 4) is 5.75 Å². The number of aryl methyl sites for hydroxylation is 2. The van der Waals surface area contributed by atoms with Gasteiger partial charge < -0.3 is 9.84 Å². The molecular weight excluding hydrogens is 579 g/mol. The summed E-state index contributed by atoms with van der Waals surface area (Å²) in [4.78, 5) is 28.6. The van der Waals surface area contributed by atoms with Crippen LogP contribution in [0.4, 0.5) is 5.13 Å². The number of benzene rings is 4. The summed E-state index contributed by atoms with van der Waals surface area (Å²) in [5.41, 5.74) is 4.07. The Morgan fingerprint density at radius 2 is 1.74 bits per heavy atom. The van der Waals surface area contributed by atoms with E-state index in [0.717, 1.165) is 11.1 Å². The number of carbonyl (C=O) groups excluding carboxylic acids is 2. The number of aromatic nitrogens is 2. The number of carbonyl (C=O) groups is 2. The number of ether oxygens (including phenoxy) is 1. The molecule has 43 heavy (non-hydrogen) atoms. The molecule has 1 fully saturated rings. The highest BCUT2D eigenvalue weighted by Gasteiger charge is 2.48. The van der Waals surface area contributed by atoms with Gasteiger partial charge in [-0.25, -0.2) is 0 Å². The Balaban J connectivity index is 1.38. The fourth-order valence-corrected chi connectivity index (χ4v) is 7.18. The van der Waals surface area contributed by atoms with E-state index >= 15 is 0 Å². The number of fused-ring (bicyclic) bond motifs is 1. The summed E-state index contributed by atoms with van der Waals surface area (Å²) in [6, 6.07) is 26.4. The van der Waals surface area contributed by atoms with E-state index in [-0.39, 0.29) is 11.3 Å². The Labute approximate surface area is 257 Å². The van der Waals surface area contributed by atoms with Gasteiger partial charge in [-0.15, -0.1) is 10.2 Å². The molecule has 4 aromatic carbocycles. The molecule has 5 aromatic rings. The van der Waals surface area contributed by atoms with Crippen molar-refractivity contribution in [2.45, 2.75) is 36.9 Å². The molecule has 0 bridgehead atoms. The van der Waals surface area contributed by atoms with Gasteiger partial charge in [-0.3, -0.25) is 14.5 Å². The first-order valence-electron chi connectivity index (χ1n) is 13.9. The van der Waals surface area contributed by atoms with Gasteiger partial charge in [0, 0.05) is 11.3 Å². The number of anilines is 1. The van der Waals surface area contributed by atoms with Crippen LogP contribution in [-0.4, -0.2) is 33.6 Å². The van der Waals surface area contributed by atoms with E-state index in [1.54, 1.807) is 12.1 Å². The largest absolute Gasteiger partial charge is 0.507 e. The molecule has 0 saturated carbocycles. The Kier molecular flexibility index (Phi) is 8.01. The lowest BCUT2D eigenvalue weighted by Crippen LogP contribution is -2.29. The fraction of sp³-hybridized carbons (Fsp3) is 0.176. The summed E-state index contributed by atoms with van der Waals surface area (Å²) in [6.07, 6.45) is 0. The molecule has 1 amide bonds.